The standard InChI is InChI=1S/C34H59NO/c1-9-10-11-12-13-14-15-16-17-18-19-20-21-22-23-24-25-35-28-29-26-32(36-8)31(34(5,6)7)27-30(29)33(2,3)4/h16-17,26-28H,9-15,18-25H2,1-8H3/b17-16+,35-28?. The van der Waals surface area contributed by atoms with Crippen molar-refractivity contribution in [3.05, 3.63) is 41.0 Å². The molecule has 0 aliphatic heterocycles. The van der Waals surface area contributed by atoms with Crippen LogP contribution in [-0.4, -0.2) is 19.9 Å². The molecule has 1 rings (SSSR count). The minimum Gasteiger partial charge on any atom is -0.496 e. The van der Waals surface area contributed by atoms with Crippen molar-refractivity contribution in [2.24, 2.45) is 4.99 Å². The van der Waals surface area contributed by atoms with Crippen molar-refractivity contribution >= 4 is 6.21 Å². The molecule has 0 unspecified atom stereocenters. The van der Waals surface area contributed by atoms with E-state index in [-0.39, 0.29) is 10.8 Å². The molecule has 0 saturated carbocycles. The highest BCUT2D eigenvalue weighted by atomic mass is 16.5. The molecule has 206 valence electrons. The predicted molar refractivity (Wildman–Crippen MR) is 162 cm³/mol. The van der Waals surface area contributed by atoms with Crippen molar-refractivity contribution in [3.63, 3.8) is 0 Å². The Labute approximate surface area is 225 Å². The summed E-state index contributed by atoms with van der Waals surface area (Å²) in [5.74, 6) is 0.967. The largest absolute Gasteiger partial charge is 0.496 e. The molecule has 2 heteroatoms. The number of ether oxygens (including phenoxy) is 1. The number of nitrogens with zero attached hydrogens (tertiary/aromatic N) is 1. The Kier molecular flexibility index (Phi) is 16.1. The molecule has 0 aliphatic carbocycles. The van der Waals surface area contributed by atoms with E-state index < -0.39 is 0 Å². The molecule has 0 amide bonds. The van der Waals surface area contributed by atoms with Crippen LogP contribution in [0.1, 0.15) is 155 Å². The zero-order valence-corrected chi connectivity index (χ0v) is 25.3. The van der Waals surface area contributed by atoms with E-state index in [0.717, 1.165) is 12.3 Å². The normalized spacial score (nSPS) is 12.8. The first kappa shape index (κ1) is 32.5. The van der Waals surface area contributed by atoms with E-state index in [4.69, 9.17) is 9.73 Å². The van der Waals surface area contributed by atoms with E-state index in [9.17, 15) is 0 Å². The summed E-state index contributed by atoms with van der Waals surface area (Å²) in [6.07, 6.45) is 25.6. The van der Waals surface area contributed by atoms with E-state index in [1.807, 2.05) is 0 Å². The zero-order valence-electron chi connectivity index (χ0n) is 25.3. The zero-order chi connectivity index (χ0) is 26.9. The van der Waals surface area contributed by atoms with Crippen LogP contribution in [-0.2, 0) is 10.8 Å². The third kappa shape index (κ3) is 13.7. The van der Waals surface area contributed by atoms with Gasteiger partial charge in [-0.15, -0.1) is 0 Å². The Morgan fingerprint density at radius 2 is 1.17 bits per heavy atom. The van der Waals surface area contributed by atoms with Crippen molar-refractivity contribution < 1.29 is 4.74 Å². The van der Waals surface area contributed by atoms with Gasteiger partial charge in [0.05, 0.1) is 7.11 Å². The van der Waals surface area contributed by atoms with Crippen LogP contribution in [0, 0.1) is 0 Å². The van der Waals surface area contributed by atoms with Gasteiger partial charge in [-0.1, -0.05) is 124 Å². The van der Waals surface area contributed by atoms with Crippen LogP contribution < -0.4 is 4.74 Å². The predicted octanol–water partition coefficient (Wildman–Crippen LogP) is 10.7. The fraction of sp³-hybridized carbons (Fsp3) is 0.735. The number of unbranched alkanes of at least 4 members (excludes halogenated alkanes) is 12. The van der Waals surface area contributed by atoms with Gasteiger partial charge in [0.25, 0.3) is 0 Å². The average Bonchev–Trinajstić information content (AvgIpc) is 2.81. The maximum absolute atomic E-state index is 5.75. The van der Waals surface area contributed by atoms with Crippen molar-refractivity contribution in [3.8, 4) is 5.75 Å². The molecular formula is C34H59NO. The van der Waals surface area contributed by atoms with Crippen LogP contribution in [0.4, 0.5) is 0 Å². The van der Waals surface area contributed by atoms with Gasteiger partial charge < -0.3 is 4.74 Å². The van der Waals surface area contributed by atoms with Gasteiger partial charge in [-0.2, -0.15) is 0 Å². The van der Waals surface area contributed by atoms with Crippen LogP contribution in [0.5, 0.6) is 5.75 Å². The first-order chi connectivity index (χ1) is 17.1. The number of benzene rings is 1. The monoisotopic (exact) mass is 497 g/mol. The minimum absolute atomic E-state index is 0.0465. The summed E-state index contributed by atoms with van der Waals surface area (Å²) < 4.78 is 5.75. The quantitative estimate of drug-likeness (QED) is 0.112. The third-order valence-electron chi connectivity index (χ3n) is 7.02. The molecule has 0 aliphatic rings. The Hall–Kier alpha value is -1.57. The van der Waals surface area contributed by atoms with Crippen LogP contribution in [0.2, 0.25) is 0 Å². The molecule has 0 N–H and O–H groups in total. The SMILES string of the molecule is CCCCCCCC/C=C/CCCCCCCCN=Cc1cc(OC)c(C(C)(C)C)cc1C(C)(C)C. The average molecular weight is 498 g/mol. The molecule has 0 spiro atoms. The van der Waals surface area contributed by atoms with Crippen LogP contribution in [0.25, 0.3) is 0 Å². The number of allylic oxidation sites excluding steroid dienone is 2. The van der Waals surface area contributed by atoms with E-state index in [2.05, 4.69) is 79.0 Å². The molecule has 0 heterocycles. The maximum atomic E-state index is 5.75. The molecule has 1 aromatic carbocycles. The van der Waals surface area contributed by atoms with Gasteiger partial charge in [0.2, 0.25) is 0 Å². The fourth-order valence-electron chi connectivity index (χ4n) is 4.72. The number of rotatable bonds is 18. The summed E-state index contributed by atoms with van der Waals surface area (Å²) in [4.78, 5) is 4.80. The van der Waals surface area contributed by atoms with Crippen LogP contribution in [0.3, 0.4) is 0 Å². The maximum Gasteiger partial charge on any atom is 0.123 e. The van der Waals surface area contributed by atoms with Gasteiger partial charge in [-0.3, -0.25) is 4.99 Å². The van der Waals surface area contributed by atoms with Crippen molar-refractivity contribution in [2.45, 2.75) is 149 Å². The van der Waals surface area contributed by atoms with Gasteiger partial charge in [-0.05, 0) is 65.7 Å². The molecule has 0 fully saturated rings. The second-order valence-electron chi connectivity index (χ2n) is 12.6. The van der Waals surface area contributed by atoms with E-state index in [1.165, 1.54) is 107 Å². The highest BCUT2D eigenvalue weighted by Gasteiger charge is 2.25. The molecule has 0 saturated heterocycles. The Balaban J connectivity index is 2.29. The topological polar surface area (TPSA) is 21.6 Å². The highest BCUT2D eigenvalue weighted by Crippen LogP contribution is 2.37. The molecule has 0 aromatic heterocycles. The fourth-order valence-corrected chi connectivity index (χ4v) is 4.72. The summed E-state index contributed by atoms with van der Waals surface area (Å²) in [5.41, 5.74) is 3.91. The number of aliphatic imine (C=N–C) groups is 1. The second kappa shape index (κ2) is 17.8. The molecule has 1 aromatic rings. The molecule has 0 radical (unpaired) electrons. The summed E-state index contributed by atoms with van der Waals surface area (Å²) in [7, 11) is 1.77. The summed E-state index contributed by atoms with van der Waals surface area (Å²) >= 11 is 0. The molecule has 0 bridgehead atoms. The molecule has 36 heavy (non-hydrogen) atoms. The van der Waals surface area contributed by atoms with E-state index >= 15 is 0 Å². The smallest absolute Gasteiger partial charge is 0.123 e. The van der Waals surface area contributed by atoms with Crippen molar-refractivity contribution in [1.29, 1.82) is 0 Å². The van der Waals surface area contributed by atoms with E-state index in [1.54, 1.807) is 7.11 Å². The summed E-state index contributed by atoms with van der Waals surface area (Å²) in [6.45, 7) is 16.8. The Bertz CT molecular complexity index is 761. The van der Waals surface area contributed by atoms with Crippen LogP contribution in [0.15, 0.2) is 29.3 Å². The lowest BCUT2D eigenvalue weighted by atomic mass is 9.78. The summed E-state index contributed by atoms with van der Waals surface area (Å²) in [6, 6.07) is 4.52. The molecule has 0 atom stereocenters. The van der Waals surface area contributed by atoms with Gasteiger partial charge in [0.1, 0.15) is 5.75 Å². The Morgan fingerprint density at radius 3 is 1.67 bits per heavy atom. The minimum atomic E-state index is 0.0465. The summed E-state index contributed by atoms with van der Waals surface area (Å²) in [5, 5.41) is 0. The lowest BCUT2D eigenvalue weighted by Gasteiger charge is -2.28. The van der Waals surface area contributed by atoms with Gasteiger partial charge in [-0.25, -0.2) is 0 Å². The lowest BCUT2D eigenvalue weighted by molar-refractivity contribution is 0.396. The lowest BCUT2D eigenvalue weighted by Crippen LogP contribution is -2.19. The van der Waals surface area contributed by atoms with Gasteiger partial charge in [0.15, 0.2) is 0 Å². The Morgan fingerprint density at radius 1 is 0.667 bits per heavy atom. The van der Waals surface area contributed by atoms with Crippen molar-refractivity contribution in [1.82, 2.24) is 0 Å². The first-order valence-electron chi connectivity index (χ1n) is 15.0. The first-order valence-corrected chi connectivity index (χ1v) is 15.0. The van der Waals surface area contributed by atoms with E-state index in [0.29, 0.717) is 0 Å². The number of methoxy groups -OCH3 is 1. The second-order valence-corrected chi connectivity index (χ2v) is 12.6. The van der Waals surface area contributed by atoms with Crippen molar-refractivity contribution in [2.75, 3.05) is 13.7 Å². The van der Waals surface area contributed by atoms with Crippen LogP contribution >= 0.6 is 0 Å². The third-order valence-corrected chi connectivity index (χ3v) is 7.02. The highest BCUT2D eigenvalue weighted by molar-refractivity contribution is 5.83. The molecule has 2 nitrogen and oxygen atoms in total. The number of hydrogen-bond donors (Lipinski definition) is 0. The number of hydrogen-bond acceptors (Lipinski definition) is 2. The van der Waals surface area contributed by atoms with Gasteiger partial charge in [0, 0.05) is 12.8 Å². The molecular weight excluding hydrogens is 438 g/mol. The van der Waals surface area contributed by atoms with Gasteiger partial charge >= 0.3 is 0 Å².